The molecule has 1 heterocycles. The van der Waals surface area contributed by atoms with Crippen molar-refractivity contribution in [1.82, 2.24) is 15.1 Å². The molecule has 4 nitrogen and oxygen atoms in total. The molecule has 0 aliphatic carbocycles. The molecule has 0 spiro atoms. The third-order valence-corrected chi connectivity index (χ3v) is 4.13. The average Bonchev–Trinajstić information content (AvgIpc) is 2.33. The third-order valence-electron chi connectivity index (χ3n) is 4.13. The molecule has 0 radical (unpaired) electrons. The van der Waals surface area contributed by atoms with Crippen LogP contribution in [-0.4, -0.2) is 73.4 Å². The topological polar surface area (TPSA) is 38.7 Å². The van der Waals surface area contributed by atoms with Gasteiger partial charge in [-0.2, -0.15) is 0 Å². The van der Waals surface area contributed by atoms with E-state index in [-0.39, 0.29) is 0 Å². The van der Waals surface area contributed by atoms with Gasteiger partial charge in [0.1, 0.15) is 0 Å². The lowest BCUT2D eigenvalue weighted by atomic mass is 9.97. The van der Waals surface area contributed by atoms with Crippen LogP contribution in [0.15, 0.2) is 0 Å². The van der Waals surface area contributed by atoms with Crippen LogP contribution in [0.3, 0.4) is 0 Å². The Morgan fingerprint density at radius 3 is 2.47 bits per heavy atom. The van der Waals surface area contributed by atoms with E-state index in [2.05, 4.69) is 29.2 Å². The Balaban J connectivity index is 2.30. The van der Waals surface area contributed by atoms with Crippen LogP contribution >= 0.6 is 0 Å². The molecule has 1 rings (SSSR count). The van der Waals surface area contributed by atoms with Crippen LogP contribution in [0.1, 0.15) is 26.7 Å². The van der Waals surface area contributed by atoms with Crippen molar-refractivity contribution in [2.75, 3.05) is 46.8 Å². The van der Waals surface area contributed by atoms with Gasteiger partial charge < -0.3 is 15.3 Å². The quantitative estimate of drug-likeness (QED) is 0.707. The molecule has 0 aromatic rings. The highest BCUT2D eigenvalue weighted by Crippen LogP contribution is 2.13. The fourth-order valence-electron chi connectivity index (χ4n) is 2.29. The Kier molecular flexibility index (Phi) is 5.86. The molecule has 0 bridgehead atoms. The van der Waals surface area contributed by atoms with E-state index in [0.717, 1.165) is 39.0 Å². The summed E-state index contributed by atoms with van der Waals surface area (Å²) in [6, 6.07) is 0.562. The number of aliphatic hydroxyl groups is 1. The lowest BCUT2D eigenvalue weighted by Crippen LogP contribution is -2.55. The largest absolute Gasteiger partial charge is 0.389 e. The zero-order chi connectivity index (χ0) is 12.9. The first kappa shape index (κ1) is 14.9. The van der Waals surface area contributed by atoms with Gasteiger partial charge in [-0.3, -0.25) is 4.90 Å². The van der Waals surface area contributed by atoms with Gasteiger partial charge in [-0.15, -0.1) is 0 Å². The summed E-state index contributed by atoms with van der Waals surface area (Å²) in [4.78, 5) is 4.78. The maximum atomic E-state index is 10.2. The third kappa shape index (κ3) is 4.54. The summed E-state index contributed by atoms with van der Waals surface area (Å²) in [5.41, 5.74) is -0.529. The first-order valence-electron chi connectivity index (χ1n) is 6.82. The average molecular weight is 243 g/mol. The van der Waals surface area contributed by atoms with E-state index in [1.54, 1.807) is 0 Å². The van der Waals surface area contributed by atoms with E-state index in [4.69, 9.17) is 0 Å². The number of nitrogens with zero attached hydrogens (tertiary/aromatic N) is 2. The van der Waals surface area contributed by atoms with Crippen molar-refractivity contribution >= 4 is 0 Å². The van der Waals surface area contributed by atoms with Gasteiger partial charge in [0.25, 0.3) is 0 Å². The van der Waals surface area contributed by atoms with Gasteiger partial charge in [-0.05, 0) is 26.9 Å². The maximum absolute atomic E-state index is 10.2. The summed E-state index contributed by atoms with van der Waals surface area (Å²) in [5.74, 6) is 0. The van der Waals surface area contributed by atoms with Gasteiger partial charge in [0.05, 0.1) is 5.60 Å². The molecular weight excluding hydrogens is 214 g/mol. The first-order valence-corrected chi connectivity index (χ1v) is 6.82. The molecule has 1 aliphatic rings. The summed E-state index contributed by atoms with van der Waals surface area (Å²) in [5, 5.41) is 13.6. The summed E-state index contributed by atoms with van der Waals surface area (Å²) < 4.78 is 0. The molecule has 17 heavy (non-hydrogen) atoms. The number of nitrogens with one attached hydrogen (secondary N) is 1. The number of hydrogen-bond donors (Lipinski definition) is 2. The van der Waals surface area contributed by atoms with Crippen molar-refractivity contribution in [3.05, 3.63) is 0 Å². The number of likely N-dealkylation sites (N-methyl/N-ethyl adjacent to an activating group) is 2. The lowest BCUT2D eigenvalue weighted by Gasteiger charge is -2.38. The van der Waals surface area contributed by atoms with Gasteiger partial charge in [-0.25, -0.2) is 0 Å². The standard InChI is InChI=1S/C13H29N3O/c1-5-13(17,6-2)11-14-9-12-10-15(3)7-8-16(12)4/h12,14,17H,5-11H2,1-4H3. The monoisotopic (exact) mass is 243 g/mol. The highest BCUT2D eigenvalue weighted by molar-refractivity contribution is 4.83. The van der Waals surface area contributed by atoms with Crippen LogP contribution in [0, 0.1) is 0 Å². The molecule has 4 heteroatoms. The predicted molar refractivity (Wildman–Crippen MR) is 72.3 cm³/mol. The highest BCUT2D eigenvalue weighted by Gasteiger charge is 2.25. The van der Waals surface area contributed by atoms with Crippen LogP contribution in [0.5, 0.6) is 0 Å². The number of rotatable bonds is 6. The van der Waals surface area contributed by atoms with Crippen LogP contribution in [0.2, 0.25) is 0 Å². The Bertz CT molecular complexity index is 219. The van der Waals surface area contributed by atoms with Crippen molar-refractivity contribution < 1.29 is 5.11 Å². The van der Waals surface area contributed by atoms with E-state index in [0.29, 0.717) is 12.6 Å². The van der Waals surface area contributed by atoms with Crippen LogP contribution < -0.4 is 5.32 Å². The smallest absolute Gasteiger partial charge is 0.0766 e. The van der Waals surface area contributed by atoms with Gasteiger partial charge in [0.2, 0.25) is 0 Å². The molecule has 0 amide bonds. The van der Waals surface area contributed by atoms with Crippen molar-refractivity contribution in [2.24, 2.45) is 0 Å². The molecule has 2 N–H and O–H groups in total. The van der Waals surface area contributed by atoms with Gasteiger partial charge in [0.15, 0.2) is 0 Å². The zero-order valence-corrected chi connectivity index (χ0v) is 11.9. The molecule has 0 saturated carbocycles. The minimum absolute atomic E-state index is 0.529. The van der Waals surface area contributed by atoms with Gasteiger partial charge in [-0.1, -0.05) is 13.8 Å². The Morgan fingerprint density at radius 1 is 1.24 bits per heavy atom. The fraction of sp³-hybridized carbons (Fsp3) is 1.00. The van der Waals surface area contributed by atoms with E-state index in [1.165, 1.54) is 0 Å². The van der Waals surface area contributed by atoms with E-state index in [1.807, 2.05) is 13.8 Å². The second kappa shape index (κ2) is 6.69. The minimum Gasteiger partial charge on any atom is -0.389 e. The SMILES string of the molecule is CCC(O)(CC)CNCC1CN(C)CCN1C. The van der Waals surface area contributed by atoms with E-state index < -0.39 is 5.60 Å². The highest BCUT2D eigenvalue weighted by atomic mass is 16.3. The first-order chi connectivity index (χ1) is 8.00. The van der Waals surface area contributed by atoms with Gasteiger partial charge in [0, 0.05) is 38.8 Å². The molecule has 0 aromatic carbocycles. The molecule has 1 aliphatic heterocycles. The van der Waals surface area contributed by atoms with Crippen LogP contribution in [0.4, 0.5) is 0 Å². The molecule has 1 atom stereocenters. The summed E-state index contributed by atoms with van der Waals surface area (Å²) >= 11 is 0. The Hall–Kier alpha value is -0.160. The van der Waals surface area contributed by atoms with Crippen molar-refractivity contribution in [3.63, 3.8) is 0 Å². The normalized spacial score (nSPS) is 24.2. The molecule has 0 aromatic heterocycles. The predicted octanol–water partition coefficient (Wildman–Crippen LogP) is 0.373. The maximum Gasteiger partial charge on any atom is 0.0766 e. The van der Waals surface area contributed by atoms with Crippen molar-refractivity contribution in [2.45, 2.75) is 38.3 Å². The molecule has 1 fully saturated rings. The lowest BCUT2D eigenvalue weighted by molar-refractivity contribution is 0.0288. The van der Waals surface area contributed by atoms with E-state index >= 15 is 0 Å². The zero-order valence-electron chi connectivity index (χ0n) is 11.9. The molecule has 1 unspecified atom stereocenters. The Morgan fingerprint density at radius 2 is 1.88 bits per heavy atom. The van der Waals surface area contributed by atoms with Gasteiger partial charge >= 0.3 is 0 Å². The second-order valence-electron chi connectivity index (χ2n) is 5.46. The summed E-state index contributed by atoms with van der Waals surface area (Å²) in [7, 11) is 4.36. The molecule has 1 saturated heterocycles. The van der Waals surface area contributed by atoms with Crippen LogP contribution in [-0.2, 0) is 0 Å². The number of hydrogen-bond acceptors (Lipinski definition) is 4. The van der Waals surface area contributed by atoms with Crippen LogP contribution in [0.25, 0.3) is 0 Å². The van der Waals surface area contributed by atoms with E-state index in [9.17, 15) is 5.11 Å². The minimum atomic E-state index is -0.529. The molecule has 102 valence electrons. The molecular formula is C13H29N3O. The number of piperazine rings is 1. The summed E-state index contributed by atoms with van der Waals surface area (Å²) in [6.45, 7) is 9.16. The second-order valence-corrected chi connectivity index (χ2v) is 5.46. The fourth-order valence-corrected chi connectivity index (χ4v) is 2.29. The Labute approximate surface area is 106 Å². The summed E-state index contributed by atoms with van der Waals surface area (Å²) in [6.07, 6.45) is 1.63. The van der Waals surface area contributed by atoms with Crippen molar-refractivity contribution in [3.8, 4) is 0 Å². The van der Waals surface area contributed by atoms with Crippen molar-refractivity contribution in [1.29, 1.82) is 0 Å².